The summed E-state index contributed by atoms with van der Waals surface area (Å²) in [6.07, 6.45) is 0. The number of hydrogen-bond acceptors (Lipinski definition) is 5. The van der Waals surface area contributed by atoms with Crippen LogP contribution in [0.5, 0.6) is 0 Å². The number of thioether (sulfide) groups is 1. The zero-order valence-corrected chi connectivity index (χ0v) is 16.8. The predicted molar refractivity (Wildman–Crippen MR) is 114 cm³/mol. The van der Waals surface area contributed by atoms with Crippen molar-refractivity contribution in [3.05, 3.63) is 76.1 Å². The molecule has 28 heavy (non-hydrogen) atoms. The standard InChI is InChI=1S/C21H22N4O2S/c1-13-7-9-16(10-8-13)23-20(27)15(3)28-21-24-19(26)12-18(22)25(21)17-6-4-5-14(2)11-17/h4-12,15H,22H2,1-3H3,(H,23,27)/t15-/m1/s1. The molecule has 1 amide bonds. The Kier molecular flexibility index (Phi) is 5.84. The summed E-state index contributed by atoms with van der Waals surface area (Å²) in [4.78, 5) is 28.6. The first kappa shape index (κ1) is 19.7. The van der Waals surface area contributed by atoms with Crippen LogP contribution >= 0.6 is 11.8 Å². The first-order valence-corrected chi connectivity index (χ1v) is 9.72. The fourth-order valence-electron chi connectivity index (χ4n) is 2.68. The number of nitrogen functional groups attached to an aromatic ring is 1. The van der Waals surface area contributed by atoms with Gasteiger partial charge in [-0.1, -0.05) is 41.6 Å². The predicted octanol–water partition coefficient (Wildman–Crippen LogP) is 3.55. The second-order valence-electron chi connectivity index (χ2n) is 6.59. The lowest BCUT2D eigenvalue weighted by Crippen LogP contribution is -2.24. The molecule has 3 N–H and O–H groups in total. The maximum Gasteiger partial charge on any atom is 0.275 e. The Labute approximate surface area is 167 Å². The van der Waals surface area contributed by atoms with Gasteiger partial charge in [0.2, 0.25) is 5.91 Å². The van der Waals surface area contributed by atoms with Gasteiger partial charge in [0.05, 0.1) is 5.25 Å². The molecule has 1 atom stereocenters. The maximum absolute atomic E-state index is 12.6. The van der Waals surface area contributed by atoms with Gasteiger partial charge in [-0.2, -0.15) is 4.98 Å². The van der Waals surface area contributed by atoms with Gasteiger partial charge in [0, 0.05) is 17.4 Å². The lowest BCUT2D eigenvalue weighted by molar-refractivity contribution is -0.115. The van der Waals surface area contributed by atoms with Crippen molar-refractivity contribution in [2.45, 2.75) is 31.2 Å². The number of benzene rings is 2. The Bertz CT molecular complexity index is 1060. The molecule has 3 aromatic rings. The largest absolute Gasteiger partial charge is 0.385 e. The number of nitrogens with one attached hydrogen (secondary N) is 1. The molecule has 0 fully saturated rings. The Balaban J connectivity index is 1.87. The van der Waals surface area contributed by atoms with Crippen molar-refractivity contribution in [3.63, 3.8) is 0 Å². The number of aryl methyl sites for hydroxylation is 2. The first-order chi connectivity index (χ1) is 13.3. The number of carbonyl (C=O) groups excluding carboxylic acids is 1. The van der Waals surface area contributed by atoms with E-state index in [2.05, 4.69) is 10.3 Å². The minimum Gasteiger partial charge on any atom is -0.385 e. The molecule has 0 aliphatic rings. The van der Waals surface area contributed by atoms with Gasteiger partial charge in [-0.05, 0) is 50.6 Å². The summed E-state index contributed by atoms with van der Waals surface area (Å²) in [6.45, 7) is 5.73. The fourth-order valence-corrected chi connectivity index (χ4v) is 3.62. The highest BCUT2D eigenvalue weighted by atomic mass is 32.2. The molecule has 0 aliphatic carbocycles. The number of aromatic nitrogens is 2. The Morgan fingerprint density at radius 2 is 1.82 bits per heavy atom. The minimum atomic E-state index is -0.480. The van der Waals surface area contributed by atoms with E-state index < -0.39 is 10.8 Å². The zero-order chi connectivity index (χ0) is 20.3. The van der Waals surface area contributed by atoms with Crippen molar-refractivity contribution < 1.29 is 4.79 Å². The normalized spacial score (nSPS) is 11.8. The minimum absolute atomic E-state index is 0.179. The van der Waals surface area contributed by atoms with E-state index in [4.69, 9.17) is 5.73 Å². The van der Waals surface area contributed by atoms with Crippen LogP contribution < -0.4 is 16.6 Å². The third-order valence-electron chi connectivity index (χ3n) is 4.16. The highest BCUT2D eigenvalue weighted by molar-refractivity contribution is 8.00. The van der Waals surface area contributed by atoms with Gasteiger partial charge < -0.3 is 11.1 Å². The summed E-state index contributed by atoms with van der Waals surface area (Å²) in [6, 6.07) is 16.6. The second-order valence-corrected chi connectivity index (χ2v) is 7.90. The average Bonchev–Trinajstić information content (AvgIpc) is 2.63. The number of rotatable bonds is 5. The molecule has 0 unspecified atom stereocenters. The van der Waals surface area contributed by atoms with Gasteiger partial charge in [0.15, 0.2) is 5.16 Å². The lowest BCUT2D eigenvalue weighted by Gasteiger charge is -2.18. The molecule has 144 valence electrons. The summed E-state index contributed by atoms with van der Waals surface area (Å²) in [5.41, 5.74) is 9.35. The third kappa shape index (κ3) is 4.61. The van der Waals surface area contributed by atoms with E-state index >= 15 is 0 Å². The number of carbonyl (C=O) groups is 1. The van der Waals surface area contributed by atoms with Gasteiger partial charge in [-0.25, -0.2) is 0 Å². The van der Waals surface area contributed by atoms with Crippen LogP contribution in [0.4, 0.5) is 11.5 Å². The van der Waals surface area contributed by atoms with Crippen LogP contribution in [0.2, 0.25) is 0 Å². The molecule has 1 aromatic heterocycles. The molecule has 0 bridgehead atoms. The lowest BCUT2D eigenvalue weighted by atomic mass is 10.2. The summed E-state index contributed by atoms with van der Waals surface area (Å²) in [7, 11) is 0. The number of amides is 1. The van der Waals surface area contributed by atoms with Crippen LogP contribution in [-0.4, -0.2) is 20.7 Å². The van der Waals surface area contributed by atoms with Gasteiger partial charge in [-0.3, -0.25) is 14.2 Å². The molecule has 7 heteroatoms. The topological polar surface area (TPSA) is 90.0 Å². The van der Waals surface area contributed by atoms with Gasteiger partial charge in [0.25, 0.3) is 5.56 Å². The van der Waals surface area contributed by atoms with E-state index in [9.17, 15) is 9.59 Å². The Hall–Kier alpha value is -3.06. The summed E-state index contributed by atoms with van der Waals surface area (Å²) in [5, 5.41) is 2.78. The molecule has 2 aromatic carbocycles. The van der Waals surface area contributed by atoms with Crippen molar-refractivity contribution in [3.8, 4) is 5.69 Å². The quantitative estimate of drug-likeness (QED) is 0.510. The molecule has 3 rings (SSSR count). The van der Waals surface area contributed by atoms with Gasteiger partial charge >= 0.3 is 0 Å². The second kappa shape index (κ2) is 8.31. The van der Waals surface area contributed by atoms with Crippen LogP contribution in [-0.2, 0) is 4.79 Å². The molecule has 0 saturated carbocycles. The molecule has 1 heterocycles. The average molecular weight is 395 g/mol. The van der Waals surface area contributed by atoms with Crippen molar-refractivity contribution in [2.75, 3.05) is 11.1 Å². The van der Waals surface area contributed by atoms with E-state index in [0.29, 0.717) is 5.16 Å². The van der Waals surface area contributed by atoms with Crippen LogP contribution in [0.25, 0.3) is 5.69 Å². The summed E-state index contributed by atoms with van der Waals surface area (Å²) >= 11 is 1.19. The summed E-state index contributed by atoms with van der Waals surface area (Å²) in [5.74, 6) is 0.0977. The maximum atomic E-state index is 12.6. The smallest absolute Gasteiger partial charge is 0.275 e. The number of nitrogens with zero attached hydrogens (tertiary/aromatic N) is 2. The highest BCUT2D eigenvalue weighted by Crippen LogP contribution is 2.27. The van der Waals surface area contributed by atoms with Crippen molar-refractivity contribution >= 4 is 29.2 Å². The molecule has 0 radical (unpaired) electrons. The van der Waals surface area contributed by atoms with Crippen molar-refractivity contribution in [2.24, 2.45) is 0 Å². The van der Waals surface area contributed by atoms with Gasteiger partial charge in [-0.15, -0.1) is 0 Å². The van der Waals surface area contributed by atoms with Crippen LogP contribution in [0.1, 0.15) is 18.1 Å². The molecule has 0 spiro atoms. The highest BCUT2D eigenvalue weighted by Gasteiger charge is 2.19. The van der Waals surface area contributed by atoms with E-state index in [1.54, 1.807) is 11.5 Å². The number of nitrogens with two attached hydrogens (primary N) is 1. The summed E-state index contributed by atoms with van der Waals surface area (Å²) < 4.78 is 1.69. The SMILES string of the molecule is Cc1ccc(NC(=O)[C@@H](C)Sc2nc(=O)cc(N)n2-c2cccc(C)c2)cc1. The van der Waals surface area contributed by atoms with Crippen molar-refractivity contribution in [1.29, 1.82) is 0 Å². The molecule has 0 aliphatic heterocycles. The molecule has 0 saturated heterocycles. The van der Waals surface area contributed by atoms with Crippen LogP contribution in [0, 0.1) is 13.8 Å². The van der Waals surface area contributed by atoms with E-state index in [1.807, 2.05) is 62.4 Å². The third-order valence-corrected chi connectivity index (χ3v) is 5.21. The van der Waals surface area contributed by atoms with Crippen molar-refractivity contribution in [1.82, 2.24) is 9.55 Å². The van der Waals surface area contributed by atoms with E-state index in [1.165, 1.54) is 17.8 Å². The zero-order valence-electron chi connectivity index (χ0n) is 16.0. The number of hydrogen-bond donors (Lipinski definition) is 2. The molecular formula is C21H22N4O2S. The van der Waals surface area contributed by atoms with Gasteiger partial charge in [0.1, 0.15) is 5.82 Å². The van der Waals surface area contributed by atoms with Crippen LogP contribution in [0.15, 0.2) is 64.5 Å². The monoisotopic (exact) mass is 394 g/mol. The molecular weight excluding hydrogens is 372 g/mol. The van der Waals surface area contributed by atoms with E-state index in [-0.39, 0.29) is 11.7 Å². The molecule has 6 nitrogen and oxygen atoms in total. The number of anilines is 2. The Morgan fingerprint density at radius 3 is 2.50 bits per heavy atom. The fraction of sp³-hybridized carbons (Fsp3) is 0.190. The first-order valence-electron chi connectivity index (χ1n) is 8.84. The van der Waals surface area contributed by atoms with Crippen LogP contribution in [0.3, 0.4) is 0 Å². The Morgan fingerprint density at radius 1 is 1.11 bits per heavy atom. The van der Waals surface area contributed by atoms with E-state index in [0.717, 1.165) is 22.5 Å².